The van der Waals surface area contributed by atoms with Gasteiger partial charge in [0, 0.05) is 5.02 Å². The van der Waals surface area contributed by atoms with E-state index in [1.807, 2.05) is 0 Å². The molecule has 0 amide bonds. The van der Waals surface area contributed by atoms with Crippen molar-refractivity contribution in [2.24, 2.45) is 0 Å². The van der Waals surface area contributed by atoms with Crippen molar-refractivity contribution in [1.29, 1.82) is 0 Å². The van der Waals surface area contributed by atoms with Crippen LogP contribution in [0.25, 0.3) is 0 Å². The third-order valence-corrected chi connectivity index (χ3v) is 1.55. The van der Waals surface area contributed by atoms with Crippen LogP contribution in [0, 0.1) is 0 Å². The predicted octanol–water partition coefficient (Wildman–Crippen LogP) is 2.83. The number of hydrogen-bond acceptors (Lipinski definition) is 0. The first-order chi connectivity index (χ1) is 4.70. The fraction of sp³-hybridized carbons (Fsp3) is 0.250. The average molecular weight is 156 g/mol. The molecule has 1 unspecified atom stereocenters. The van der Waals surface area contributed by atoms with Crippen molar-refractivity contribution in [2.45, 2.75) is 13.0 Å². The van der Waals surface area contributed by atoms with E-state index < -0.39 is 6.10 Å². The van der Waals surface area contributed by atoms with Gasteiger partial charge in [0.05, 0.1) is 0 Å². The molecule has 0 spiro atoms. The average Bonchev–Trinajstić information content (AvgIpc) is 1.88. The summed E-state index contributed by atoms with van der Waals surface area (Å²) in [5.74, 6) is 0. The van der Waals surface area contributed by atoms with Crippen molar-refractivity contribution in [3.63, 3.8) is 0 Å². The van der Waals surface area contributed by atoms with Gasteiger partial charge in [-0.1, -0.05) is 23.7 Å². The lowest BCUT2D eigenvalue weighted by molar-refractivity contribution is 0.106. The molecule has 1 rings (SSSR count). The molecule has 0 N–H and O–H groups in total. The van der Waals surface area contributed by atoms with Gasteiger partial charge in [-0.3, -0.25) is 0 Å². The zero-order chi connectivity index (χ0) is 7.56. The highest BCUT2D eigenvalue weighted by molar-refractivity contribution is 6.30. The first-order valence-corrected chi connectivity index (χ1v) is 3.49. The quantitative estimate of drug-likeness (QED) is 0.595. The summed E-state index contributed by atoms with van der Waals surface area (Å²) in [6, 6.07) is 7.02. The molecule has 1 nitrogen and oxygen atoms in total. The van der Waals surface area contributed by atoms with Gasteiger partial charge in [-0.15, -0.1) is 0 Å². The molecule has 0 aliphatic heterocycles. The van der Waals surface area contributed by atoms with Gasteiger partial charge in [0.25, 0.3) is 0 Å². The first kappa shape index (κ1) is 7.58. The standard InChI is InChI=1S/C8H8ClO/c1-6(10)7-3-2-4-8(9)5-7/h2-6H,1H3. The highest BCUT2D eigenvalue weighted by atomic mass is 35.5. The van der Waals surface area contributed by atoms with E-state index in [1.165, 1.54) is 0 Å². The van der Waals surface area contributed by atoms with Gasteiger partial charge in [-0.05, 0) is 24.6 Å². The van der Waals surface area contributed by atoms with Crippen LogP contribution < -0.4 is 0 Å². The van der Waals surface area contributed by atoms with Crippen LogP contribution in [0.4, 0.5) is 0 Å². The summed E-state index contributed by atoms with van der Waals surface area (Å²) >= 11 is 5.65. The third kappa shape index (κ3) is 1.72. The molecule has 1 atom stereocenters. The number of rotatable bonds is 1. The maximum Gasteiger partial charge on any atom is 0.115 e. The summed E-state index contributed by atoms with van der Waals surface area (Å²) in [4.78, 5) is 0. The van der Waals surface area contributed by atoms with Crippen molar-refractivity contribution >= 4 is 11.6 Å². The Kier molecular flexibility index (Phi) is 2.30. The Morgan fingerprint density at radius 3 is 2.60 bits per heavy atom. The van der Waals surface area contributed by atoms with Crippen LogP contribution in [-0.2, 0) is 5.11 Å². The summed E-state index contributed by atoms with van der Waals surface area (Å²) in [5, 5.41) is 11.4. The topological polar surface area (TPSA) is 19.9 Å². The Morgan fingerprint density at radius 1 is 1.50 bits per heavy atom. The van der Waals surface area contributed by atoms with Crippen LogP contribution in [0.1, 0.15) is 18.6 Å². The SMILES string of the molecule is CC([O])c1cccc(Cl)c1. The fourth-order valence-electron chi connectivity index (χ4n) is 0.759. The van der Waals surface area contributed by atoms with Crippen LogP contribution in [0.5, 0.6) is 0 Å². The second kappa shape index (κ2) is 3.04. The van der Waals surface area contributed by atoms with Crippen molar-refractivity contribution < 1.29 is 5.11 Å². The highest BCUT2D eigenvalue weighted by Crippen LogP contribution is 2.16. The van der Waals surface area contributed by atoms with Gasteiger partial charge < -0.3 is 0 Å². The van der Waals surface area contributed by atoms with E-state index in [2.05, 4.69) is 0 Å². The summed E-state index contributed by atoms with van der Waals surface area (Å²) in [6.45, 7) is 1.60. The predicted molar refractivity (Wildman–Crippen MR) is 40.6 cm³/mol. The van der Waals surface area contributed by atoms with E-state index >= 15 is 0 Å². The Bertz CT molecular complexity index is 220. The third-order valence-electron chi connectivity index (χ3n) is 1.32. The lowest BCUT2D eigenvalue weighted by Crippen LogP contribution is -1.86. The molecule has 0 heterocycles. The van der Waals surface area contributed by atoms with E-state index in [9.17, 15) is 5.11 Å². The van der Waals surface area contributed by atoms with E-state index in [4.69, 9.17) is 11.6 Å². The van der Waals surface area contributed by atoms with E-state index in [0.29, 0.717) is 5.02 Å². The normalized spacial score (nSPS) is 13.1. The molecule has 0 fully saturated rings. The molecule has 1 radical (unpaired) electrons. The van der Waals surface area contributed by atoms with Crippen LogP contribution in [0.2, 0.25) is 5.02 Å². The molecule has 1 aromatic carbocycles. The van der Waals surface area contributed by atoms with Crippen LogP contribution in [-0.4, -0.2) is 0 Å². The lowest BCUT2D eigenvalue weighted by Gasteiger charge is -2.00. The Labute approximate surface area is 65.3 Å². The molecule has 0 saturated carbocycles. The molecule has 0 aliphatic carbocycles. The maximum absolute atomic E-state index is 10.8. The minimum absolute atomic E-state index is 0.625. The monoisotopic (exact) mass is 155 g/mol. The van der Waals surface area contributed by atoms with E-state index in [1.54, 1.807) is 31.2 Å². The summed E-state index contributed by atoms with van der Waals surface area (Å²) in [6.07, 6.45) is -0.682. The summed E-state index contributed by atoms with van der Waals surface area (Å²) < 4.78 is 0. The number of hydrogen-bond donors (Lipinski definition) is 0. The van der Waals surface area contributed by atoms with E-state index in [0.717, 1.165) is 5.56 Å². The highest BCUT2D eigenvalue weighted by Gasteiger charge is 2.00. The zero-order valence-corrected chi connectivity index (χ0v) is 6.43. The van der Waals surface area contributed by atoms with Crippen molar-refractivity contribution in [3.05, 3.63) is 34.9 Å². The van der Waals surface area contributed by atoms with Crippen molar-refractivity contribution in [3.8, 4) is 0 Å². The molecule has 10 heavy (non-hydrogen) atoms. The molecule has 1 aromatic rings. The van der Waals surface area contributed by atoms with Gasteiger partial charge in [0.2, 0.25) is 0 Å². The minimum atomic E-state index is -0.682. The fourth-order valence-corrected chi connectivity index (χ4v) is 0.958. The maximum atomic E-state index is 10.8. The van der Waals surface area contributed by atoms with Crippen LogP contribution >= 0.6 is 11.6 Å². The smallest absolute Gasteiger partial charge is 0.115 e. The molecule has 0 bridgehead atoms. The Morgan fingerprint density at radius 2 is 2.20 bits per heavy atom. The lowest BCUT2D eigenvalue weighted by atomic mass is 10.1. The molecular formula is C8H8ClO. The van der Waals surface area contributed by atoms with Crippen LogP contribution in [0.15, 0.2) is 24.3 Å². The summed E-state index contributed by atoms with van der Waals surface area (Å²) in [7, 11) is 0. The number of benzene rings is 1. The Hall–Kier alpha value is -0.530. The Balaban J connectivity index is 2.96. The van der Waals surface area contributed by atoms with Gasteiger partial charge in [-0.2, -0.15) is 0 Å². The molecule has 0 aromatic heterocycles. The van der Waals surface area contributed by atoms with Gasteiger partial charge >= 0.3 is 0 Å². The van der Waals surface area contributed by atoms with Crippen molar-refractivity contribution in [1.82, 2.24) is 0 Å². The second-order valence-corrected chi connectivity index (χ2v) is 2.63. The van der Waals surface area contributed by atoms with E-state index in [-0.39, 0.29) is 0 Å². The molecule has 2 heteroatoms. The van der Waals surface area contributed by atoms with Gasteiger partial charge in [0.15, 0.2) is 0 Å². The minimum Gasteiger partial charge on any atom is -0.228 e. The molecule has 53 valence electrons. The van der Waals surface area contributed by atoms with Gasteiger partial charge in [0.1, 0.15) is 6.10 Å². The molecular weight excluding hydrogens is 148 g/mol. The largest absolute Gasteiger partial charge is 0.228 e. The molecule has 0 saturated heterocycles. The molecule has 0 aliphatic rings. The summed E-state index contributed by atoms with van der Waals surface area (Å²) in [5.41, 5.74) is 0.743. The van der Waals surface area contributed by atoms with Crippen LogP contribution in [0.3, 0.4) is 0 Å². The van der Waals surface area contributed by atoms with Crippen molar-refractivity contribution in [2.75, 3.05) is 0 Å². The first-order valence-electron chi connectivity index (χ1n) is 3.11. The zero-order valence-electron chi connectivity index (χ0n) is 5.67. The van der Waals surface area contributed by atoms with Gasteiger partial charge in [-0.25, -0.2) is 5.11 Å². The second-order valence-electron chi connectivity index (χ2n) is 2.20. The number of halogens is 1.